The molecule has 6 heteroatoms. The molecule has 6 heterocycles. The minimum atomic E-state index is 0.00349. The van der Waals surface area contributed by atoms with Gasteiger partial charge in [-0.3, -0.25) is 4.49 Å². The molecule has 5 aliphatic rings. The maximum Gasteiger partial charge on any atom is 0.566 e. The summed E-state index contributed by atoms with van der Waals surface area (Å²) in [6.07, 6.45) is 5.71. The van der Waals surface area contributed by atoms with E-state index in [1.54, 1.807) is 0 Å². The van der Waals surface area contributed by atoms with Gasteiger partial charge in [0.2, 0.25) is 0 Å². The van der Waals surface area contributed by atoms with Crippen molar-refractivity contribution < 1.29 is 4.49 Å². The van der Waals surface area contributed by atoms with Crippen molar-refractivity contribution in [3.8, 4) is 22.3 Å². The van der Waals surface area contributed by atoms with Gasteiger partial charge >= 0.3 is 13.7 Å². The quantitative estimate of drug-likeness (QED) is 0.175. The van der Waals surface area contributed by atoms with Gasteiger partial charge in [0.25, 0.3) is 0 Å². The summed E-state index contributed by atoms with van der Waals surface area (Å²) in [4.78, 5) is 5.11. The summed E-state index contributed by atoms with van der Waals surface area (Å²) in [7, 11) is 0. The molecule has 0 spiro atoms. The Morgan fingerprint density at radius 2 is 1.15 bits per heavy atom. The predicted molar refractivity (Wildman–Crippen MR) is 217 cm³/mol. The Labute approximate surface area is 302 Å². The van der Waals surface area contributed by atoms with E-state index in [1.165, 1.54) is 100 Å². The molecule has 0 fully saturated rings. The molecule has 1 aromatic heterocycles. The Balaban J connectivity index is 1.21. The lowest BCUT2D eigenvalue weighted by Crippen LogP contribution is -2.63. The molecule has 4 nitrogen and oxygen atoms in total. The number of anilines is 6. The summed E-state index contributed by atoms with van der Waals surface area (Å²) in [6.45, 7) is 0.0402. The van der Waals surface area contributed by atoms with Crippen molar-refractivity contribution in [2.75, 3.05) is 9.80 Å². The molecule has 0 N–H and O–H groups in total. The molecule has 5 aliphatic heterocycles. The first-order chi connectivity index (χ1) is 25.8. The van der Waals surface area contributed by atoms with Gasteiger partial charge in [0.05, 0.1) is 23.1 Å². The highest BCUT2D eigenvalue weighted by Gasteiger charge is 2.56. The zero-order valence-electron chi connectivity index (χ0n) is 28.2. The van der Waals surface area contributed by atoms with Gasteiger partial charge in [-0.15, -0.1) is 0 Å². The van der Waals surface area contributed by atoms with Crippen molar-refractivity contribution in [3.63, 3.8) is 0 Å². The lowest BCUT2D eigenvalue weighted by molar-refractivity contribution is -0.271. The third-order valence-electron chi connectivity index (χ3n) is 12.2. The van der Waals surface area contributed by atoms with Crippen LogP contribution in [0.3, 0.4) is 0 Å². The third-order valence-corrected chi connectivity index (χ3v) is 12.2. The van der Waals surface area contributed by atoms with Crippen LogP contribution in [0.1, 0.15) is 5.56 Å². The zero-order valence-corrected chi connectivity index (χ0v) is 28.2. The third kappa shape index (κ3) is 3.20. The molecule has 0 unspecified atom stereocenters. The van der Waals surface area contributed by atoms with Gasteiger partial charge in [-0.05, 0) is 88.2 Å². The predicted octanol–water partition coefficient (Wildman–Crippen LogP) is 7.90. The molecule has 0 amide bonds. The van der Waals surface area contributed by atoms with Crippen molar-refractivity contribution in [2.24, 2.45) is 0 Å². The van der Waals surface area contributed by atoms with Crippen LogP contribution >= 0.6 is 0 Å². The van der Waals surface area contributed by atoms with Gasteiger partial charge in [0.1, 0.15) is 6.21 Å². The van der Waals surface area contributed by atoms with E-state index in [1.807, 2.05) is 0 Å². The smallest absolute Gasteiger partial charge is 0.382 e. The lowest BCUT2D eigenvalue weighted by atomic mass is 9.40. The number of rotatable bonds is 2. The van der Waals surface area contributed by atoms with E-state index < -0.39 is 0 Å². The first kappa shape index (κ1) is 27.2. The van der Waals surface area contributed by atoms with Crippen molar-refractivity contribution >= 4 is 92.5 Å². The van der Waals surface area contributed by atoms with E-state index in [-0.39, 0.29) is 13.7 Å². The van der Waals surface area contributed by atoms with Crippen LogP contribution in [-0.2, 0) is 6.42 Å². The summed E-state index contributed by atoms with van der Waals surface area (Å²) in [6, 6.07) is 56.7. The Bertz CT molecular complexity index is 2910. The van der Waals surface area contributed by atoms with E-state index >= 15 is 0 Å². The number of benzene rings is 7. The van der Waals surface area contributed by atoms with E-state index in [0.29, 0.717) is 0 Å². The molecule has 0 aliphatic carbocycles. The maximum absolute atomic E-state index is 2.62. The van der Waals surface area contributed by atoms with Gasteiger partial charge < -0.3 is 14.3 Å². The first-order valence-electron chi connectivity index (χ1n) is 18.3. The second-order valence-electron chi connectivity index (χ2n) is 14.6. The van der Waals surface area contributed by atoms with Gasteiger partial charge in [-0.25, -0.2) is 0 Å². The lowest BCUT2D eigenvalue weighted by Gasteiger charge is -2.44. The molecule has 238 valence electrons. The normalized spacial score (nSPS) is 14.8. The van der Waals surface area contributed by atoms with Gasteiger partial charge in [0, 0.05) is 50.5 Å². The number of para-hydroxylation sites is 4. The fourth-order valence-corrected chi connectivity index (χ4v) is 10.4. The molecule has 0 saturated heterocycles. The highest BCUT2D eigenvalue weighted by atomic mass is 15.2. The number of fused-ring (bicyclic) bond motifs is 9. The summed E-state index contributed by atoms with van der Waals surface area (Å²) >= 11 is 0. The highest BCUT2D eigenvalue weighted by Crippen LogP contribution is 2.49. The Morgan fingerprint density at radius 3 is 1.96 bits per heavy atom. The van der Waals surface area contributed by atoms with Crippen LogP contribution < -0.4 is 31.7 Å². The van der Waals surface area contributed by atoms with E-state index in [0.717, 1.165) is 6.42 Å². The fourth-order valence-electron chi connectivity index (χ4n) is 10.4. The molecule has 13 rings (SSSR count). The molecule has 7 aromatic carbocycles. The van der Waals surface area contributed by atoms with Crippen LogP contribution in [-0.4, -0.2) is 28.9 Å². The van der Waals surface area contributed by atoms with E-state index in [2.05, 4.69) is 183 Å². The van der Waals surface area contributed by atoms with Crippen LogP contribution in [0.5, 0.6) is 0 Å². The summed E-state index contributed by atoms with van der Waals surface area (Å²) in [5.74, 6) is 0. The molecule has 8 aromatic rings. The SMILES string of the molecule is C1=[N+]2B3c4c(cccc4N(c4ccccc4)c4ccc5c(c43)N(c3ccccc3)c3cccc4c3B5n3ccc5cccc-4c53)-c3cccc(c32)C1. The summed E-state index contributed by atoms with van der Waals surface area (Å²) < 4.78 is 5.18. The average molecular weight is 659 g/mol. The fraction of sp³-hybridized carbons (Fsp3) is 0.0217. The molecule has 52 heavy (non-hydrogen) atoms. The molecule has 0 radical (unpaired) electrons. The standard InChI is InChI=1S/C46H29B2N4/c1-3-13-31(14-4-1)51-38-21-9-18-34-36-20-8-12-30-26-28-50(45(30)36)48(42(34)38)43-40(51)24-23-37-46(43)52(32-15-5-2-6-16-32)39-22-10-17-33-35-19-7-11-29-25-27-49(44(29)35)47(37)41(33)39/h1-25,27-28H,26H2/q+1. The van der Waals surface area contributed by atoms with Crippen molar-refractivity contribution in [3.05, 3.63) is 163 Å². The second kappa shape index (κ2) is 9.62. The van der Waals surface area contributed by atoms with Crippen LogP contribution in [0, 0.1) is 0 Å². The molecule has 0 bridgehead atoms. The van der Waals surface area contributed by atoms with Crippen molar-refractivity contribution in [1.29, 1.82) is 0 Å². The minimum absolute atomic E-state index is 0.00349. The summed E-state index contributed by atoms with van der Waals surface area (Å²) in [5.41, 5.74) is 22.2. The number of aromatic nitrogens is 1. The van der Waals surface area contributed by atoms with Gasteiger partial charge in [-0.1, -0.05) is 97.1 Å². The molecule has 0 atom stereocenters. The van der Waals surface area contributed by atoms with Crippen molar-refractivity contribution in [1.82, 2.24) is 4.48 Å². The van der Waals surface area contributed by atoms with E-state index in [4.69, 9.17) is 0 Å². The molecular weight excluding hydrogens is 630 g/mol. The Morgan fingerprint density at radius 1 is 0.500 bits per heavy atom. The van der Waals surface area contributed by atoms with Gasteiger partial charge in [0.15, 0.2) is 5.69 Å². The summed E-state index contributed by atoms with van der Waals surface area (Å²) in [5, 5.41) is 1.29. The van der Waals surface area contributed by atoms with Gasteiger partial charge in [-0.2, -0.15) is 0 Å². The number of hydrogen-bond acceptors (Lipinski definition) is 2. The largest absolute Gasteiger partial charge is 0.566 e. The Hall–Kier alpha value is -6.52. The molecule has 0 saturated carbocycles. The van der Waals surface area contributed by atoms with Crippen LogP contribution in [0.15, 0.2) is 158 Å². The topological polar surface area (TPSA) is 14.4 Å². The van der Waals surface area contributed by atoms with E-state index in [9.17, 15) is 0 Å². The van der Waals surface area contributed by atoms with Crippen LogP contribution in [0.25, 0.3) is 33.2 Å². The first-order valence-corrected chi connectivity index (χ1v) is 18.3. The minimum Gasteiger partial charge on any atom is -0.382 e. The molecular formula is C46H29B2N4+. The monoisotopic (exact) mass is 659 g/mol. The van der Waals surface area contributed by atoms with Crippen LogP contribution in [0.2, 0.25) is 0 Å². The highest BCUT2D eigenvalue weighted by molar-refractivity contribution is 6.92. The number of nitrogens with zero attached hydrogens (tertiary/aromatic N) is 4. The zero-order chi connectivity index (χ0) is 33.7. The number of hydrogen-bond donors (Lipinski definition) is 0. The average Bonchev–Trinajstić information content (AvgIpc) is 3.84. The van der Waals surface area contributed by atoms with Crippen molar-refractivity contribution in [2.45, 2.75) is 6.42 Å². The maximum atomic E-state index is 2.62. The second-order valence-corrected chi connectivity index (χ2v) is 14.6. The Kier molecular flexibility index (Phi) is 5.04. The van der Waals surface area contributed by atoms with Crippen LogP contribution in [0.4, 0.5) is 39.8 Å².